The summed E-state index contributed by atoms with van der Waals surface area (Å²) in [5.74, 6) is -1.39. The number of rotatable bonds is 7. The first-order valence-corrected chi connectivity index (χ1v) is 13.0. The van der Waals surface area contributed by atoms with Gasteiger partial charge < -0.3 is 14.4 Å². The number of likely N-dealkylation sites (tertiary alicyclic amines) is 1. The van der Waals surface area contributed by atoms with Crippen LogP contribution >= 0.6 is 11.6 Å². The fourth-order valence-corrected chi connectivity index (χ4v) is 5.61. The van der Waals surface area contributed by atoms with E-state index in [0.29, 0.717) is 0 Å². The zero-order valence-corrected chi connectivity index (χ0v) is 21.1. The highest BCUT2D eigenvalue weighted by atomic mass is 35.5. The first-order valence-electron chi connectivity index (χ1n) is 11.2. The van der Waals surface area contributed by atoms with Gasteiger partial charge in [-0.3, -0.25) is 0 Å². The van der Waals surface area contributed by atoms with Gasteiger partial charge in [-0.1, -0.05) is 48.0 Å². The van der Waals surface area contributed by atoms with Crippen LogP contribution in [0, 0.1) is 5.82 Å². The number of halogens is 5. The molecule has 7 nitrogen and oxygen atoms in total. The van der Waals surface area contributed by atoms with Crippen molar-refractivity contribution in [2.75, 3.05) is 13.1 Å². The average molecular weight is 573 g/mol. The van der Waals surface area contributed by atoms with Crippen LogP contribution in [0.1, 0.15) is 17.5 Å². The van der Waals surface area contributed by atoms with Crippen molar-refractivity contribution in [3.8, 4) is 5.75 Å². The Bertz CT molecular complexity index is 1410. The summed E-state index contributed by atoms with van der Waals surface area (Å²) >= 11 is 5.81. The van der Waals surface area contributed by atoms with E-state index in [9.17, 15) is 30.8 Å². The number of alkyl halides is 3. The molecule has 1 fully saturated rings. The van der Waals surface area contributed by atoms with E-state index >= 15 is 0 Å². The minimum atomic E-state index is -4.94. The number of carbonyl (C=O) groups excluding carboxylic acids is 1. The van der Waals surface area contributed by atoms with E-state index < -0.39 is 39.6 Å². The van der Waals surface area contributed by atoms with Gasteiger partial charge in [0.05, 0.1) is 15.5 Å². The van der Waals surface area contributed by atoms with Crippen LogP contribution in [0.25, 0.3) is 0 Å². The zero-order valence-electron chi connectivity index (χ0n) is 19.5. The number of nitrogens with one attached hydrogen (secondary N) is 1. The molecule has 1 atom stereocenters. The summed E-state index contributed by atoms with van der Waals surface area (Å²) in [6.45, 7) is -0.119. The van der Waals surface area contributed by atoms with E-state index in [2.05, 4.69) is 9.46 Å². The summed E-state index contributed by atoms with van der Waals surface area (Å²) in [4.78, 5) is 13.7. The van der Waals surface area contributed by atoms with E-state index in [1.54, 1.807) is 24.3 Å². The Labute approximate surface area is 221 Å². The SMILES string of the molecule is O=C(OCc1ccccc1)N1CCC(NS(=O)(=O)c2ccc(OC(F)(F)F)cc2)(c2ccc(Cl)c(F)c2)C1. The van der Waals surface area contributed by atoms with Gasteiger partial charge in [-0.05, 0) is 53.9 Å². The molecule has 1 aliphatic heterocycles. The highest BCUT2D eigenvalue weighted by Gasteiger charge is 2.45. The Balaban J connectivity index is 1.58. The normalized spacial score (nSPS) is 17.9. The van der Waals surface area contributed by atoms with Crippen molar-refractivity contribution in [3.05, 3.63) is 94.8 Å². The second kappa shape index (κ2) is 10.8. The van der Waals surface area contributed by atoms with Crippen molar-refractivity contribution >= 4 is 27.7 Å². The van der Waals surface area contributed by atoms with Gasteiger partial charge >= 0.3 is 12.5 Å². The van der Waals surface area contributed by atoms with Gasteiger partial charge in [-0.25, -0.2) is 17.6 Å². The molecule has 0 aromatic heterocycles. The number of nitrogens with zero attached hydrogens (tertiary/aromatic N) is 1. The Morgan fingerprint density at radius 2 is 1.74 bits per heavy atom. The number of hydrogen-bond donors (Lipinski definition) is 1. The van der Waals surface area contributed by atoms with Crippen LogP contribution in [0.4, 0.5) is 22.4 Å². The fraction of sp³-hybridized carbons (Fsp3) is 0.240. The van der Waals surface area contributed by atoms with Crippen LogP contribution in [0.2, 0.25) is 5.02 Å². The van der Waals surface area contributed by atoms with Gasteiger partial charge in [0.25, 0.3) is 0 Å². The largest absolute Gasteiger partial charge is 0.573 e. The number of ether oxygens (including phenoxy) is 2. The predicted octanol–water partition coefficient (Wildman–Crippen LogP) is 5.59. The zero-order chi connectivity index (χ0) is 27.6. The fourth-order valence-electron chi connectivity index (χ4n) is 4.08. The lowest BCUT2D eigenvalue weighted by molar-refractivity contribution is -0.274. The molecule has 1 saturated heterocycles. The van der Waals surface area contributed by atoms with Crippen LogP contribution in [0.15, 0.2) is 77.7 Å². The van der Waals surface area contributed by atoms with Gasteiger partial charge in [0.1, 0.15) is 18.2 Å². The quantitative estimate of drug-likeness (QED) is 0.373. The lowest BCUT2D eigenvalue weighted by atomic mass is 9.90. The third-order valence-electron chi connectivity index (χ3n) is 5.90. The summed E-state index contributed by atoms with van der Waals surface area (Å²) in [5.41, 5.74) is -0.514. The number of benzene rings is 3. The molecule has 0 radical (unpaired) electrons. The Kier molecular flexibility index (Phi) is 7.86. The smallest absolute Gasteiger partial charge is 0.445 e. The maximum atomic E-state index is 14.4. The van der Waals surface area contributed by atoms with E-state index in [0.717, 1.165) is 35.9 Å². The van der Waals surface area contributed by atoms with Crippen molar-refractivity contribution in [2.24, 2.45) is 0 Å². The summed E-state index contributed by atoms with van der Waals surface area (Å²) in [6.07, 6.45) is -5.58. The third-order valence-corrected chi connectivity index (χ3v) is 7.76. The average Bonchev–Trinajstić information content (AvgIpc) is 3.29. The summed E-state index contributed by atoms with van der Waals surface area (Å²) < 4.78 is 90.0. The molecular formula is C25H21ClF4N2O5S. The number of carbonyl (C=O) groups is 1. The molecule has 13 heteroatoms. The predicted molar refractivity (Wildman–Crippen MR) is 129 cm³/mol. The lowest BCUT2D eigenvalue weighted by Gasteiger charge is -2.31. The standard InChI is InChI=1S/C25H21ClF4N2O5S/c26-21-11-6-18(14-22(21)27)24(12-13-32(16-24)23(33)36-15-17-4-2-1-3-5-17)31-38(34,35)20-9-7-19(8-10-20)37-25(28,29)30/h1-11,14,31H,12-13,15-16H2. The molecule has 1 amide bonds. The van der Waals surface area contributed by atoms with Crippen LogP contribution in [-0.2, 0) is 26.9 Å². The van der Waals surface area contributed by atoms with E-state index in [1.165, 1.54) is 17.0 Å². The molecule has 1 unspecified atom stereocenters. The molecule has 0 aliphatic carbocycles. The van der Waals surface area contributed by atoms with Crippen LogP contribution in [0.3, 0.4) is 0 Å². The van der Waals surface area contributed by atoms with Crippen LogP contribution in [-0.4, -0.2) is 38.9 Å². The van der Waals surface area contributed by atoms with Crippen molar-refractivity contribution in [1.82, 2.24) is 9.62 Å². The van der Waals surface area contributed by atoms with Crippen molar-refractivity contribution < 1.29 is 40.2 Å². The maximum absolute atomic E-state index is 14.4. The summed E-state index contributed by atoms with van der Waals surface area (Å²) in [5, 5.41) is -0.177. The minimum Gasteiger partial charge on any atom is -0.445 e. The van der Waals surface area contributed by atoms with Gasteiger partial charge in [0, 0.05) is 13.1 Å². The van der Waals surface area contributed by atoms with E-state index in [-0.39, 0.29) is 41.6 Å². The maximum Gasteiger partial charge on any atom is 0.573 e. The Morgan fingerprint density at radius 3 is 2.37 bits per heavy atom. The highest BCUT2D eigenvalue weighted by molar-refractivity contribution is 7.89. The number of sulfonamides is 1. The second-order valence-corrected chi connectivity index (χ2v) is 10.6. The molecule has 1 aliphatic rings. The van der Waals surface area contributed by atoms with Crippen molar-refractivity contribution in [1.29, 1.82) is 0 Å². The first kappa shape index (κ1) is 27.7. The molecule has 38 heavy (non-hydrogen) atoms. The lowest BCUT2D eigenvalue weighted by Crippen LogP contribution is -2.48. The van der Waals surface area contributed by atoms with Crippen LogP contribution in [0.5, 0.6) is 5.75 Å². The highest BCUT2D eigenvalue weighted by Crippen LogP contribution is 2.36. The van der Waals surface area contributed by atoms with Gasteiger partial charge in [-0.2, -0.15) is 4.72 Å². The molecule has 202 valence electrons. The monoisotopic (exact) mass is 572 g/mol. The van der Waals surface area contributed by atoms with Crippen molar-refractivity contribution in [2.45, 2.75) is 29.8 Å². The molecule has 1 N–H and O–H groups in total. The van der Waals surface area contributed by atoms with Gasteiger partial charge in [0.2, 0.25) is 10.0 Å². The van der Waals surface area contributed by atoms with E-state index in [4.69, 9.17) is 16.3 Å². The molecular weight excluding hydrogens is 552 g/mol. The van der Waals surface area contributed by atoms with E-state index in [1.807, 2.05) is 6.07 Å². The summed E-state index contributed by atoms with van der Waals surface area (Å²) in [7, 11) is -4.36. The van der Waals surface area contributed by atoms with Gasteiger partial charge in [0.15, 0.2) is 0 Å². The Hall–Kier alpha value is -3.35. The molecule has 1 heterocycles. The molecule has 0 saturated carbocycles. The number of hydrogen-bond acceptors (Lipinski definition) is 5. The van der Waals surface area contributed by atoms with Gasteiger partial charge in [-0.15, -0.1) is 13.2 Å². The summed E-state index contributed by atoms with van der Waals surface area (Å²) in [6, 6.07) is 16.3. The Morgan fingerprint density at radius 1 is 1.05 bits per heavy atom. The second-order valence-electron chi connectivity index (χ2n) is 8.55. The number of amides is 1. The molecule has 3 aromatic rings. The first-order chi connectivity index (χ1) is 17.9. The van der Waals surface area contributed by atoms with Crippen molar-refractivity contribution in [3.63, 3.8) is 0 Å². The molecule has 0 bridgehead atoms. The minimum absolute atomic E-state index is 0.00316. The third kappa shape index (κ3) is 6.55. The topological polar surface area (TPSA) is 84.9 Å². The van der Waals surface area contributed by atoms with Crippen LogP contribution < -0.4 is 9.46 Å². The molecule has 4 rings (SSSR count). The molecule has 0 spiro atoms. The molecule has 3 aromatic carbocycles.